The van der Waals surface area contributed by atoms with Crippen molar-refractivity contribution >= 4 is 28.7 Å². The number of hydrogen-bond acceptors (Lipinski definition) is 7. The maximum atomic E-state index is 12.3. The summed E-state index contributed by atoms with van der Waals surface area (Å²) < 4.78 is 42.4. The van der Waals surface area contributed by atoms with Crippen LogP contribution in [0.1, 0.15) is 40.1 Å². The standard InChI is InChI=1S/C22H21F3N4O4S/c1-14(30)21-28-27-19(34-21)7-2-3-9-29-10-8-16(13-20(29)32)26-18(31)12-15-5-4-6-17(11-15)33-22(23,24)25/h4-6,8,10-11,13H,2-3,7,9,12H2,1H3,(H,26,31). The molecular weight excluding hydrogens is 473 g/mol. The van der Waals surface area contributed by atoms with Gasteiger partial charge in [0.1, 0.15) is 10.8 Å². The van der Waals surface area contributed by atoms with E-state index >= 15 is 0 Å². The Morgan fingerprint density at radius 3 is 2.62 bits per heavy atom. The molecule has 1 aromatic carbocycles. The highest BCUT2D eigenvalue weighted by Crippen LogP contribution is 2.23. The number of nitrogens with one attached hydrogen (secondary N) is 1. The van der Waals surface area contributed by atoms with Gasteiger partial charge in [-0.25, -0.2) is 0 Å². The third-order valence-corrected chi connectivity index (χ3v) is 5.67. The second-order valence-electron chi connectivity index (χ2n) is 7.38. The number of alkyl halides is 3. The molecule has 1 amide bonds. The number of nitrogens with zero attached hydrogens (tertiary/aromatic N) is 3. The van der Waals surface area contributed by atoms with Crippen molar-refractivity contribution < 1.29 is 27.5 Å². The quantitative estimate of drug-likeness (QED) is 0.338. The highest BCUT2D eigenvalue weighted by Gasteiger charge is 2.31. The highest BCUT2D eigenvalue weighted by molar-refractivity contribution is 7.13. The first-order valence-electron chi connectivity index (χ1n) is 10.3. The molecule has 34 heavy (non-hydrogen) atoms. The smallest absolute Gasteiger partial charge is 0.406 e. The molecule has 0 aliphatic carbocycles. The lowest BCUT2D eigenvalue weighted by atomic mass is 10.1. The third-order valence-electron chi connectivity index (χ3n) is 4.58. The number of aromatic nitrogens is 3. The largest absolute Gasteiger partial charge is 0.573 e. The number of pyridine rings is 1. The second kappa shape index (κ2) is 11.1. The second-order valence-corrected chi connectivity index (χ2v) is 8.44. The van der Waals surface area contributed by atoms with Gasteiger partial charge in [0, 0.05) is 37.8 Å². The van der Waals surface area contributed by atoms with E-state index in [-0.39, 0.29) is 17.8 Å². The Balaban J connectivity index is 1.48. The number of ketones is 1. The number of carbonyl (C=O) groups is 2. The van der Waals surface area contributed by atoms with Crippen LogP contribution in [-0.2, 0) is 24.2 Å². The number of ether oxygens (including phenoxy) is 1. The minimum absolute atomic E-state index is 0.119. The lowest BCUT2D eigenvalue weighted by molar-refractivity contribution is -0.274. The predicted molar refractivity (Wildman–Crippen MR) is 119 cm³/mol. The molecular formula is C22H21F3N4O4S. The van der Waals surface area contributed by atoms with Gasteiger partial charge in [0.15, 0.2) is 10.8 Å². The molecule has 0 saturated heterocycles. The summed E-state index contributed by atoms with van der Waals surface area (Å²) in [5, 5.41) is 11.5. The highest BCUT2D eigenvalue weighted by atomic mass is 32.1. The maximum absolute atomic E-state index is 12.3. The zero-order valence-corrected chi connectivity index (χ0v) is 18.9. The van der Waals surface area contributed by atoms with E-state index in [1.165, 1.54) is 41.0 Å². The summed E-state index contributed by atoms with van der Waals surface area (Å²) in [6.07, 6.45) is -1.32. The fourth-order valence-electron chi connectivity index (χ4n) is 3.07. The SMILES string of the molecule is CC(=O)c1nnc(CCCCn2ccc(NC(=O)Cc3cccc(OC(F)(F)F)c3)cc2=O)s1. The Morgan fingerprint density at radius 1 is 1.15 bits per heavy atom. The summed E-state index contributed by atoms with van der Waals surface area (Å²) in [6, 6.07) is 8.00. The number of benzene rings is 1. The fraction of sp³-hybridized carbons (Fsp3) is 0.318. The molecule has 0 radical (unpaired) electrons. The van der Waals surface area contributed by atoms with Crippen LogP contribution < -0.4 is 15.6 Å². The molecule has 1 N–H and O–H groups in total. The summed E-state index contributed by atoms with van der Waals surface area (Å²) in [5.74, 6) is -1.01. The van der Waals surface area contributed by atoms with Gasteiger partial charge < -0.3 is 14.6 Å². The average molecular weight is 494 g/mol. The lowest BCUT2D eigenvalue weighted by Gasteiger charge is -2.11. The third kappa shape index (κ3) is 7.80. The molecule has 0 bridgehead atoms. The molecule has 0 spiro atoms. The van der Waals surface area contributed by atoms with Crippen molar-refractivity contribution in [2.24, 2.45) is 0 Å². The number of halogens is 3. The molecule has 180 valence electrons. The van der Waals surface area contributed by atoms with Crippen LogP contribution in [0.25, 0.3) is 0 Å². The van der Waals surface area contributed by atoms with Crippen LogP contribution in [-0.4, -0.2) is 32.8 Å². The fourth-order valence-corrected chi connectivity index (χ4v) is 3.85. The minimum atomic E-state index is -4.82. The van der Waals surface area contributed by atoms with Crippen LogP contribution in [0.4, 0.5) is 18.9 Å². The molecule has 0 saturated carbocycles. The molecule has 0 aliphatic rings. The van der Waals surface area contributed by atoms with Gasteiger partial charge in [-0.15, -0.1) is 23.4 Å². The van der Waals surface area contributed by atoms with Gasteiger partial charge in [0.05, 0.1) is 6.42 Å². The summed E-state index contributed by atoms with van der Waals surface area (Å²) >= 11 is 1.26. The number of unbranched alkanes of at least 4 members (excludes halogenated alkanes) is 1. The van der Waals surface area contributed by atoms with Crippen molar-refractivity contribution in [1.29, 1.82) is 0 Å². The number of amides is 1. The number of carbonyl (C=O) groups excluding carboxylic acids is 2. The van der Waals surface area contributed by atoms with E-state index in [2.05, 4.69) is 20.3 Å². The zero-order chi connectivity index (χ0) is 24.7. The number of anilines is 1. The van der Waals surface area contributed by atoms with Crippen molar-refractivity contribution in [3.05, 3.63) is 68.5 Å². The number of Topliss-reactive ketones (excluding diaryl/α,β-unsaturated/α-hetero) is 1. The summed E-state index contributed by atoms with van der Waals surface area (Å²) in [4.78, 5) is 35.8. The molecule has 2 aromatic heterocycles. The van der Waals surface area contributed by atoms with Gasteiger partial charge in [0.25, 0.3) is 5.56 Å². The minimum Gasteiger partial charge on any atom is -0.406 e. The van der Waals surface area contributed by atoms with Crippen molar-refractivity contribution in [3.8, 4) is 5.75 Å². The number of hydrogen-bond donors (Lipinski definition) is 1. The van der Waals surface area contributed by atoms with Crippen LogP contribution in [0.3, 0.4) is 0 Å². The Kier molecular flexibility index (Phi) is 8.16. The van der Waals surface area contributed by atoms with Crippen LogP contribution in [0.2, 0.25) is 0 Å². The molecule has 0 fully saturated rings. The number of aryl methyl sites for hydroxylation is 2. The Morgan fingerprint density at radius 2 is 1.94 bits per heavy atom. The van der Waals surface area contributed by atoms with E-state index in [1.807, 2.05) is 0 Å². The molecule has 0 aliphatic heterocycles. The van der Waals surface area contributed by atoms with E-state index < -0.39 is 18.0 Å². The summed E-state index contributed by atoms with van der Waals surface area (Å²) in [6.45, 7) is 1.91. The van der Waals surface area contributed by atoms with Crippen LogP contribution >= 0.6 is 11.3 Å². The van der Waals surface area contributed by atoms with E-state index in [0.29, 0.717) is 35.6 Å². The Hall–Kier alpha value is -3.54. The first kappa shape index (κ1) is 25.1. The monoisotopic (exact) mass is 494 g/mol. The Labute approximate surface area is 196 Å². The van der Waals surface area contributed by atoms with Crippen molar-refractivity contribution in [3.63, 3.8) is 0 Å². The van der Waals surface area contributed by atoms with Gasteiger partial charge in [-0.2, -0.15) is 0 Å². The van der Waals surface area contributed by atoms with Gasteiger partial charge in [-0.3, -0.25) is 14.4 Å². The first-order chi connectivity index (χ1) is 16.1. The van der Waals surface area contributed by atoms with Gasteiger partial charge >= 0.3 is 6.36 Å². The predicted octanol–water partition coefficient (Wildman–Crippen LogP) is 4.01. The first-order valence-corrected chi connectivity index (χ1v) is 11.1. The van der Waals surface area contributed by atoms with E-state index in [0.717, 1.165) is 23.6 Å². The summed E-state index contributed by atoms with van der Waals surface area (Å²) in [7, 11) is 0. The topological polar surface area (TPSA) is 103 Å². The van der Waals surface area contributed by atoms with Gasteiger partial charge in [-0.05, 0) is 36.6 Å². The zero-order valence-electron chi connectivity index (χ0n) is 18.1. The molecule has 12 heteroatoms. The molecule has 0 atom stereocenters. The maximum Gasteiger partial charge on any atom is 0.573 e. The number of rotatable bonds is 10. The normalized spacial score (nSPS) is 11.3. The van der Waals surface area contributed by atoms with Crippen LogP contribution in [0.15, 0.2) is 47.4 Å². The van der Waals surface area contributed by atoms with Gasteiger partial charge in [0.2, 0.25) is 5.91 Å². The van der Waals surface area contributed by atoms with Crippen LogP contribution in [0, 0.1) is 0 Å². The van der Waals surface area contributed by atoms with Gasteiger partial charge in [-0.1, -0.05) is 23.5 Å². The summed E-state index contributed by atoms with van der Waals surface area (Å²) in [5.41, 5.74) is 0.325. The average Bonchev–Trinajstić information content (AvgIpc) is 3.21. The van der Waals surface area contributed by atoms with Crippen molar-refractivity contribution in [1.82, 2.24) is 14.8 Å². The molecule has 3 aromatic rings. The molecule has 3 rings (SSSR count). The van der Waals surface area contributed by atoms with E-state index in [9.17, 15) is 27.6 Å². The Bertz CT molecular complexity index is 1220. The molecule has 8 nitrogen and oxygen atoms in total. The molecule has 0 unspecified atom stereocenters. The molecule has 2 heterocycles. The lowest BCUT2D eigenvalue weighted by Crippen LogP contribution is -2.21. The van der Waals surface area contributed by atoms with E-state index in [1.54, 1.807) is 12.3 Å². The van der Waals surface area contributed by atoms with E-state index in [4.69, 9.17) is 0 Å². The van der Waals surface area contributed by atoms with Crippen molar-refractivity contribution in [2.45, 2.75) is 45.5 Å². The van der Waals surface area contributed by atoms with Crippen LogP contribution in [0.5, 0.6) is 5.75 Å². The van der Waals surface area contributed by atoms with Crippen molar-refractivity contribution in [2.75, 3.05) is 5.32 Å².